The van der Waals surface area contributed by atoms with E-state index in [-0.39, 0.29) is 17.8 Å². The molecule has 0 unspecified atom stereocenters. The second-order valence-corrected chi connectivity index (χ2v) is 5.65. The predicted molar refractivity (Wildman–Crippen MR) is 92.2 cm³/mol. The summed E-state index contributed by atoms with van der Waals surface area (Å²) < 4.78 is 10.5. The van der Waals surface area contributed by atoms with Crippen LogP contribution in [0.3, 0.4) is 0 Å². The smallest absolute Gasteiger partial charge is 0.257 e. The quantitative estimate of drug-likeness (QED) is 0.829. The van der Waals surface area contributed by atoms with Gasteiger partial charge in [-0.05, 0) is 55.4 Å². The average molecular weight is 328 g/mol. The molecule has 1 amide bonds. The first-order valence-electron chi connectivity index (χ1n) is 7.13. The van der Waals surface area contributed by atoms with Crippen LogP contribution in [0.4, 0.5) is 5.69 Å². The molecule has 2 aromatic carbocycles. The number of nitrogens with one attached hydrogen (secondary N) is 2. The summed E-state index contributed by atoms with van der Waals surface area (Å²) in [6.07, 6.45) is 0. The van der Waals surface area contributed by atoms with Gasteiger partial charge in [-0.15, -0.1) is 0 Å². The highest BCUT2D eigenvalue weighted by Crippen LogP contribution is 2.32. The zero-order chi connectivity index (χ0) is 16.4. The molecular formula is C17H16N2O3S. The van der Waals surface area contributed by atoms with Crippen molar-refractivity contribution in [2.75, 3.05) is 12.1 Å². The van der Waals surface area contributed by atoms with Gasteiger partial charge in [-0.25, -0.2) is 0 Å². The SMILES string of the molecule is Cc1cccc(C)c1NC(=S)NC(=O)c1ccc2c(c1)OCO2. The maximum absolute atomic E-state index is 12.3. The van der Waals surface area contributed by atoms with Crippen LogP contribution in [0.5, 0.6) is 11.5 Å². The number of ether oxygens (including phenoxy) is 2. The Morgan fingerprint density at radius 1 is 1.09 bits per heavy atom. The van der Waals surface area contributed by atoms with Crippen LogP contribution in [-0.4, -0.2) is 17.8 Å². The number of fused-ring (bicyclic) bond motifs is 1. The molecule has 0 aromatic heterocycles. The fraction of sp³-hybridized carbons (Fsp3) is 0.176. The number of hydrogen-bond donors (Lipinski definition) is 2. The van der Waals surface area contributed by atoms with Gasteiger partial charge in [0.05, 0.1) is 0 Å². The molecule has 0 saturated carbocycles. The molecule has 0 fully saturated rings. The highest BCUT2D eigenvalue weighted by molar-refractivity contribution is 7.80. The van der Waals surface area contributed by atoms with Crippen LogP contribution in [0.1, 0.15) is 21.5 Å². The Bertz CT molecular complexity index is 769. The van der Waals surface area contributed by atoms with Gasteiger partial charge in [0.15, 0.2) is 16.6 Å². The topological polar surface area (TPSA) is 59.6 Å². The third-order valence-corrected chi connectivity index (χ3v) is 3.79. The van der Waals surface area contributed by atoms with Gasteiger partial charge in [0.25, 0.3) is 5.91 Å². The van der Waals surface area contributed by atoms with Crippen molar-refractivity contribution < 1.29 is 14.3 Å². The van der Waals surface area contributed by atoms with E-state index in [4.69, 9.17) is 21.7 Å². The van der Waals surface area contributed by atoms with E-state index in [1.165, 1.54) is 0 Å². The van der Waals surface area contributed by atoms with Crippen LogP contribution >= 0.6 is 12.2 Å². The van der Waals surface area contributed by atoms with E-state index in [9.17, 15) is 4.79 Å². The lowest BCUT2D eigenvalue weighted by Gasteiger charge is -2.14. The minimum absolute atomic E-state index is 0.174. The van der Waals surface area contributed by atoms with Crippen LogP contribution in [0, 0.1) is 13.8 Å². The minimum Gasteiger partial charge on any atom is -0.454 e. The summed E-state index contributed by atoms with van der Waals surface area (Å²) in [4.78, 5) is 12.3. The molecule has 23 heavy (non-hydrogen) atoms. The molecule has 5 nitrogen and oxygen atoms in total. The van der Waals surface area contributed by atoms with Crippen LogP contribution in [0.15, 0.2) is 36.4 Å². The summed E-state index contributed by atoms with van der Waals surface area (Å²) in [6, 6.07) is 11.0. The Labute approximate surface area is 139 Å². The monoisotopic (exact) mass is 328 g/mol. The number of hydrogen-bond acceptors (Lipinski definition) is 4. The van der Waals surface area contributed by atoms with Crippen molar-refractivity contribution in [1.29, 1.82) is 0 Å². The van der Waals surface area contributed by atoms with Crippen molar-refractivity contribution >= 4 is 28.9 Å². The van der Waals surface area contributed by atoms with Crippen LogP contribution in [0.25, 0.3) is 0 Å². The highest BCUT2D eigenvalue weighted by Gasteiger charge is 2.17. The summed E-state index contributed by atoms with van der Waals surface area (Å²) in [5, 5.41) is 6.01. The number of anilines is 1. The number of aryl methyl sites for hydroxylation is 2. The summed E-state index contributed by atoms with van der Waals surface area (Å²) in [5.74, 6) is 0.899. The normalized spacial score (nSPS) is 11.9. The van der Waals surface area contributed by atoms with E-state index in [0.29, 0.717) is 17.1 Å². The third kappa shape index (κ3) is 3.27. The molecule has 0 saturated heterocycles. The lowest BCUT2D eigenvalue weighted by Crippen LogP contribution is -2.34. The third-order valence-electron chi connectivity index (χ3n) is 3.58. The maximum atomic E-state index is 12.3. The summed E-state index contributed by atoms with van der Waals surface area (Å²) in [6.45, 7) is 4.14. The number of carbonyl (C=O) groups is 1. The molecule has 1 aliphatic rings. The largest absolute Gasteiger partial charge is 0.454 e. The van der Waals surface area contributed by atoms with E-state index < -0.39 is 0 Å². The van der Waals surface area contributed by atoms with Gasteiger partial charge in [-0.1, -0.05) is 18.2 Å². The van der Waals surface area contributed by atoms with Crippen LogP contribution in [0.2, 0.25) is 0 Å². The first kappa shape index (κ1) is 15.3. The van der Waals surface area contributed by atoms with Crippen molar-refractivity contribution in [3.63, 3.8) is 0 Å². The second-order valence-electron chi connectivity index (χ2n) is 5.24. The Balaban J connectivity index is 1.69. The van der Waals surface area contributed by atoms with Gasteiger partial charge in [-0.3, -0.25) is 10.1 Å². The van der Waals surface area contributed by atoms with Crippen molar-refractivity contribution in [3.05, 3.63) is 53.1 Å². The molecule has 2 aromatic rings. The van der Waals surface area contributed by atoms with E-state index in [0.717, 1.165) is 16.8 Å². The van der Waals surface area contributed by atoms with Crippen molar-refractivity contribution in [2.24, 2.45) is 0 Å². The zero-order valence-electron chi connectivity index (χ0n) is 12.8. The van der Waals surface area contributed by atoms with E-state index >= 15 is 0 Å². The van der Waals surface area contributed by atoms with E-state index in [1.807, 2.05) is 32.0 Å². The first-order valence-corrected chi connectivity index (χ1v) is 7.53. The first-order chi connectivity index (χ1) is 11.0. The lowest BCUT2D eigenvalue weighted by molar-refractivity contribution is 0.0977. The highest BCUT2D eigenvalue weighted by atomic mass is 32.1. The number of benzene rings is 2. The van der Waals surface area contributed by atoms with Crippen LogP contribution < -0.4 is 20.1 Å². The summed E-state index contributed by atoms with van der Waals surface area (Å²) >= 11 is 5.23. The molecule has 0 spiro atoms. The Morgan fingerprint density at radius 2 is 1.78 bits per heavy atom. The second kappa shape index (κ2) is 6.26. The van der Waals surface area contributed by atoms with Gasteiger partial charge in [-0.2, -0.15) is 0 Å². The number of thiocarbonyl (C=S) groups is 1. The average Bonchev–Trinajstić information content (AvgIpc) is 2.98. The molecule has 0 radical (unpaired) electrons. The van der Waals surface area contributed by atoms with Gasteiger partial charge >= 0.3 is 0 Å². The molecule has 1 heterocycles. The van der Waals surface area contributed by atoms with Gasteiger partial charge in [0.1, 0.15) is 0 Å². The Morgan fingerprint density at radius 3 is 2.52 bits per heavy atom. The fourth-order valence-corrected chi connectivity index (χ4v) is 2.56. The van der Waals surface area contributed by atoms with Gasteiger partial charge in [0.2, 0.25) is 6.79 Å². The minimum atomic E-state index is -0.299. The van der Waals surface area contributed by atoms with E-state index in [1.54, 1.807) is 18.2 Å². The molecule has 2 N–H and O–H groups in total. The number of carbonyl (C=O) groups excluding carboxylic acids is 1. The molecule has 3 rings (SSSR count). The molecule has 0 aliphatic carbocycles. The van der Waals surface area contributed by atoms with Gasteiger partial charge < -0.3 is 14.8 Å². The van der Waals surface area contributed by atoms with Crippen LogP contribution in [-0.2, 0) is 0 Å². The standard InChI is InChI=1S/C17H16N2O3S/c1-10-4-3-5-11(2)15(10)18-17(23)19-16(20)12-6-7-13-14(8-12)22-9-21-13/h3-8H,9H2,1-2H3,(H2,18,19,20,23). The number of amides is 1. The summed E-state index contributed by atoms with van der Waals surface area (Å²) in [7, 11) is 0. The zero-order valence-corrected chi connectivity index (χ0v) is 13.6. The molecule has 0 atom stereocenters. The number of para-hydroxylation sites is 1. The molecule has 118 valence electrons. The predicted octanol–water partition coefficient (Wildman–Crippen LogP) is 3.16. The van der Waals surface area contributed by atoms with Crippen molar-refractivity contribution in [3.8, 4) is 11.5 Å². The fourth-order valence-electron chi connectivity index (χ4n) is 2.37. The number of rotatable bonds is 2. The summed E-state index contributed by atoms with van der Waals surface area (Å²) in [5.41, 5.74) is 3.48. The molecule has 6 heteroatoms. The van der Waals surface area contributed by atoms with E-state index in [2.05, 4.69) is 10.6 Å². The molecular weight excluding hydrogens is 312 g/mol. The molecule has 1 aliphatic heterocycles. The van der Waals surface area contributed by atoms with Crippen molar-refractivity contribution in [2.45, 2.75) is 13.8 Å². The molecule has 0 bridgehead atoms. The maximum Gasteiger partial charge on any atom is 0.257 e. The Hall–Kier alpha value is -2.60. The van der Waals surface area contributed by atoms with Crippen molar-refractivity contribution in [1.82, 2.24) is 5.32 Å². The lowest BCUT2D eigenvalue weighted by atomic mass is 10.1. The Kier molecular flexibility index (Phi) is 4.16. The van der Waals surface area contributed by atoms with Gasteiger partial charge in [0, 0.05) is 11.3 Å².